The Bertz CT molecular complexity index is 1350. The van der Waals surface area contributed by atoms with Gasteiger partial charge in [-0.05, 0) is 30.2 Å². The van der Waals surface area contributed by atoms with Gasteiger partial charge >= 0.3 is 0 Å². The zero-order chi connectivity index (χ0) is 27.9. The minimum Gasteiger partial charge on any atom is -0.493 e. The fourth-order valence-electron chi connectivity index (χ4n) is 8.67. The smallest absolute Gasteiger partial charge is 0.166 e. The summed E-state index contributed by atoms with van der Waals surface area (Å²) in [5.41, 5.74) is 4.66. The number of rotatable bonds is 4. The average Bonchev–Trinajstić information content (AvgIpc) is 3.36. The summed E-state index contributed by atoms with van der Waals surface area (Å²) in [5, 5.41) is 20.9. The normalized spacial score (nSPS) is 36.1. The first-order valence-electron chi connectivity index (χ1n) is 15.0. The Balaban J connectivity index is 1.12. The Morgan fingerprint density at radius 1 is 0.854 bits per heavy atom. The third kappa shape index (κ3) is 3.67. The van der Waals surface area contributed by atoms with Gasteiger partial charge in [0.15, 0.2) is 23.0 Å². The fourth-order valence-corrected chi connectivity index (χ4v) is 8.67. The van der Waals surface area contributed by atoms with E-state index >= 15 is 0 Å². The first kappa shape index (κ1) is 25.7. The van der Waals surface area contributed by atoms with Crippen molar-refractivity contribution in [2.24, 2.45) is 0 Å². The van der Waals surface area contributed by atoms with Crippen molar-refractivity contribution in [3.8, 4) is 23.0 Å². The van der Waals surface area contributed by atoms with Gasteiger partial charge in [0.1, 0.15) is 25.4 Å². The van der Waals surface area contributed by atoms with Gasteiger partial charge in [-0.1, -0.05) is 30.4 Å². The topological polar surface area (TPSA) is 85.1 Å². The van der Waals surface area contributed by atoms with Crippen LogP contribution >= 0.6 is 0 Å². The zero-order valence-corrected chi connectivity index (χ0v) is 23.8. The van der Waals surface area contributed by atoms with Crippen molar-refractivity contribution in [2.45, 2.75) is 74.0 Å². The van der Waals surface area contributed by atoms with Gasteiger partial charge in [-0.2, -0.15) is 0 Å². The van der Waals surface area contributed by atoms with Gasteiger partial charge < -0.3 is 34.1 Å². The molecular weight excluding hydrogens is 520 g/mol. The third-order valence-corrected chi connectivity index (χ3v) is 10.6. The molecule has 0 aromatic heterocycles. The Morgan fingerprint density at radius 3 is 2.07 bits per heavy atom. The summed E-state index contributed by atoms with van der Waals surface area (Å²) >= 11 is 0. The molecule has 0 saturated heterocycles. The summed E-state index contributed by atoms with van der Waals surface area (Å²) in [5.74, 6) is 3.27. The van der Waals surface area contributed by atoms with E-state index in [1.807, 2.05) is 24.3 Å². The van der Waals surface area contributed by atoms with Crippen LogP contribution in [0.4, 0.5) is 0 Å². The van der Waals surface area contributed by atoms with Crippen LogP contribution in [-0.2, 0) is 23.9 Å². The molecule has 3 N–H and O–H groups in total. The third-order valence-electron chi connectivity index (χ3n) is 10.6. The molecule has 0 bridgehead atoms. The van der Waals surface area contributed by atoms with Crippen LogP contribution in [0.3, 0.4) is 0 Å². The van der Waals surface area contributed by atoms with E-state index in [0.717, 1.165) is 68.7 Å². The van der Waals surface area contributed by atoms with E-state index < -0.39 is 12.2 Å². The van der Waals surface area contributed by atoms with E-state index in [1.54, 1.807) is 14.2 Å². The minimum absolute atomic E-state index is 0.0755. The number of hydrogen-bond donors (Lipinski definition) is 3. The van der Waals surface area contributed by atoms with Gasteiger partial charge in [0.2, 0.25) is 0 Å². The van der Waals surface area contributed by atoms with Crippen LogP contribution in [0.25, 0.3) is 0 Å². The minimum atomic E-state index is -0.479. The zero-order valence-electron chi connectivity index (χ0n) is 23.8. The number of hydrogen-bond acceptors (Lipinski definition) is 7. The maximum atomic E-state index is 10.4. The standard InChI is InChI=1S/C33H38N2O6/c1-38-24-5-3-20-17-34(13-11-32-9-7-22(36)15-26(32)40-30(24)28(20)32)19-35-14-12-33-10-8-23(37)16-27(33)41-31-25(39-2)6-4-21(18-35)29(31)33/h3-10,22-23,26-27,36-37H,11-19H2,1-2H3/p+1/t22-,23-,26-,27-,32-,33-/m0/s1. The quantitative estimate of drug-likeness (QED) is 0.495. The number of nitrogens with one attached hydrogen (secondary N) is 1. The molecule has 41 heavy (non-hydrogen) atoms. The molecule has 2 aromatic carbocycles. The molecule has 7 atom stereocenters. The lowest BCUT2D eigenvalue weighted by molar-refractivity contribution is -0.924. The molecule has 4 aliphatic heterocycles. The molecule has 2 aromatic rings. The second-order valence-corrected chi connectivity index (χ2v) is 12.8. The number of nitrogens with zero attached hydrogens (tertiary/aromatic N) is 1. The van der Waals surface area contributed by atoms with Gasteiger partial charge in [-0.15, -0.1) is 0 Å². The molecule has 0 fully saturated rings. The van der Waals surface area contributed by atoms with Crippen LogP contribution in [-0.4, -0.2) is 73.5 Å². The van der Waals surface area contributed by atoms with Crippen molar-refractivity contribution in [3.05, 3.63) is 70.8 Å². The second kappa shape index (κ2) is 9.23. The fraction of sp³-hybridized carbons (Fsp3) is 0.515. The van der Waals surface area contributed by atoms with Gasteiger partial charge in [-0.25, -0.2) is 0 Å². The van der Waals surface area contributed by atoms with Crippen LogP contribution in [0.5, 0.6) is 23.0 Å². The lowest BCUT2D eigenvalue weighted by Gasteiger charge is -2.36. The second-order valence-electron chi connectivity index (χ2n) is 12.8. The summed E-state index contributed by atoms with van der Waals surface area (Å²) in [6.45, 7) is 4.67. The number of ether oxygens (including phenoxy) is 4. The molecule has 0 saturated carbocycles. The Labute approximate surface area is 240 Å². The van der Waals surface area contributed by atoms with Gasteiger partial charge in [0.25, 0.3) is 0 Å². The van der Waals surface area contributed by atoms with E-state index in [0.29, 0.717) is 12.8 Å². The Kier molecular flexibility index (Phi) is 5.77. The van der Waals surface area contributed by atoms with Gasteiger partial charge in [-0.3, -0.25) is 4.90 Å². The number of benzene rings is 2. The van der Waals surface area contributed by atoms with Crippen molar-refractivity contribution < 1.29 is 34.1 Å². The molecule has 2 aliphatic carbocycles. The molecule has 8 heteroatoms. The van der Waals surface area contributed by atoms with Gasteiger partial charge in [0, 0.05) is 49.0 Å². The van der Waals surface area contributed by atoms with Crippen LogP contribution < -0.4 is 23.8 Å². The number of methoxy groups -OCH3 is 2. The van der Waals surface area contributed by atoms with Crippen LogP contribution in [0.1, 0.15) is 47.9 Å². The predicted octanol–water partition coefficient (Wildman–Crippen LogP) is 2.00. The van der Waals surface area contributed by atoms with Crippen molar-refractivity contribution in [3.63, 3.8) is 0 Å². The summed E-state index contributed by atoms with van der Waals surface area (Å²) in [6.07, 6.45) is 10.4. The maximum absolute atomic E-state index is 10.4. The van der Waals surface area contributed by atoms with Crippen LogP contribution in [0, 0.1) is 0 Å². The molecule has 8 rings (SSSR count). The highest BCUT2D eigenvalue weighted by Crippen LogP contribution is 2.56. The number of aliphatic hydroxyl groups excluding tert-OH is 2. The largest absolute Gasteiger partial charge is 0.493 e. The van der Waals surface area contributed by atoms with Crippen molar-refractivity contribution >= 4 is 0 Å². The summed E-state index contributed by atoms with van der Waals surface area (Å²) in [4.78, 5) is 4.13. The molecule has 8 nitrogen and oxygen atoms in total. The summed E-state index contributed by atoms with van der Waals surface area (Å²) < 4.78 is 24.5. The molecule has 0 radical (unpaired) electrons. The van der Waals surface area contributed by atoms with Crippen molar-refractivity contribution in [2.75, 3.05) is 34.0 Å². The first-order valence-corrected chi connectivity index (χ1v) is 15.0. The van der Waals surface area contributed by atoms with Crippen molar-refractivity contribution in [1.82, 2.24) is 4.90 Å². The molecule has 4 heterocycles. The SMILES string of the molecule is COc1ccc2c3c1O[C@H]1C[C@@H](O)C=C[C@@]31CCN(C[NH+]1CC[C@@]34C=C[C@H](O)C[C@@H]3Oc3c(OC)ccc(c34)C1)C2. The lowest BCUT2D eigenvalue weighted by Crippen LogP contribution is -3.12. The molecule has 1 unspecified atom stereocenters. The van der Waals surface area contributed by atoms with E-state index in [9.17, 15) is 10.2 Å². The summed E-state index contributed by atoms with van der Waals surface area (Å²) in [7, 11) is 3.40. The molecule has 6 aliphatic rings. The van der Waals surface area contributed by atoms with Crippen LogP contribution in [0.15, 0.2) is 48.6 Å². The highest BCUT2D eigenvalue weighted by atomic mass is 16.5. The van der Waals surface area contributed by atoms with Crippen LogP contribution in [0.2, 0.25) is 0 Å². The van der Waals surface area contributed by atoms with E-state index in [-0.39, 0.29) is 23.0 Å². The van der Waals surface area contributed by atoms with Gasteiger partial charge in [0.05, 0.1) is 43.8 Å². The Hall–Kier alpha value is -3.04. The highest BCUT2D eigenvalue weighted by molar-refractivity contribution is 5.62. The van der Waals surface area contributed by atoms with E-state index in [4.69, 9.17) is 18.9 Å². The first-order chi connectivity index (χ1) is 19.9. The molecule has 0 amide bonds. The number of aliphatic hydroxyl groups is 2. The molecule has 2 spiro atoms. The summed E-state index contributed by atoms with van der Waals surface area (Å²) in [6, 6.07) is 8.51. The van der Waals surface area contributed by atoms with E-state index in [1.165, 1.54) is 27.2 Å². The monoisotopic (exact) mass is 559 g/mol. The highest BCUT2D eigenvalue weighted by Gasteiger charge is 2.55. The maximum Gasteiger partial charge on any atom is 0.166 e. The molecule has 216 valence electrons. The average molecular weight is 560 g/mol. The van der Waals surface area contributed by atoms with E-state index in [2.05, 4.69) is 29.2 Å². The number of quaternary nitrogens is 1. The lowest BCUT2D eigenvalue weighted by atomic mass is 9.69. The molecular formula is C33H39N2O6+. The Morgan fingerprint density at radius 2 is 1.44 bits per heavy atom. The predicted molar refractivity (Wildman–Crippen MR) is 152 cm³/mol. The van der Waals surface area contributed by atoms with Crippen molar-refractivity contribution in [1.29, 1.82) is 0 Å².